The molecule has 0 saturated carbocycles. The molecule has 21 heavy (non-hydrogen) atoms. The Morgan fingerprint density at radius 2 is 1.57 bits per heavy atom. The molecule has 0 fully saturated rings. The fourth-order valence-electron chi connectivity index (χ4n) is 2.53. The van der Waals surface area contributed by atoms with E-state index in [0.717, 1.165) is 18.4 Å². The van der Waals surface area contributed by atoms with E-state index in [0.29, 0.717) is 4.47 Å². The predicted octanol–water partition coefficient (Wildman–Crippen LogP) is 6.54. The van der Waals surface area contributed by atoms with Gasteiger partial charge in [-0.15, -0.1) is 0 Å². The van der Waals surface area contributed by atoms with Crippen molar-refractivity contribution in [1.29, 1.82) is 0 Å². The Kier molecular flexibility index (Phi) is 9.94. The summed E-state index contributed by atoms with van der Waals surface area (Å²) < 4.78 is 13.6. The molecule has 0 aliphatic rings. The fourth-order valence-corrected chi connectivity index (χ4v) is 2.93. The van der Waals surface area contributed by atoms with Gasteiger partial charge in [-0.25, -0.2) is 4.39 Å². The lowest BCUT2D eigenvalue weighted by atomic mass is 10.0. The molecule has 0 spiro atoms. The minimum atomic E-state index is -0.480. The van der Waals surface area contributed by atoms with E-state index in [9.17, 15) is 9.50 Å². The van der Waals surface area contributed by atoms with Crippen LogP contribution in [0.15, 0.2) is 22.7 Å². The Bertz CT molecular complexity index is 395. The Hall–Kier alpha value is -0.410. The number of rotatable bonds is 11. The zero-order chi connectivity index (χ0) is 15.5. The maximum Gasteiger partial charge on any atom is 0.137 e. The predicted molar refractivity (Wildman–Crippen MR) is 90.9 cm³/mol. The zero-order valence-corrected chi connectivity index (χ0v) is 14.7. The molecule has 0 aromatic heterocycles. The number of unbranched alkanes of at least 4 members (excludes halogenated alkanes) is 8. The van der Waals surface area contributed by atoms with Crippen LogP contribution < -0.4 is 0 Å². The van der Waals surface area contributed by atoms with Gasteiger partial charge in [-0.2, -0.15) is 0 Å². The molecule has 0 radical (unpaired) electrons. The number of hydrogen-bond donors (Lipinski definition) is 1. The molecule has 0 aliphatic heterocycles. The molecular formula is C18H28BrFO. The Labute approximate surface area is 137 Å². The molecular weight excluding hydrogens is 331 g/mol. The number of halogens is 2. The average Bonchev–Trinajstić information content (AvgIpc) is 2.48. The molecule has 1 aromatic rings. The molecule has 1 atom stereocenters. The van der Waals surface area contributed by atoms with Crippen LogP contribution in [0.25, 0.3) is 0 Å². The standard InChI is InChI=1S/C18H28BrFO/c1-2-3-4-5-6-7-8-9-10-11-18(21)15-12-13-17(20)16(19)14-15/h12-14,18,21H,2-11H2,1H3. The van der Waals surface area contributed by atoms with Crippen LogP contribution in [0.3, 0.4) is 0 Å². The molecule has 120 valence electrons. The highest BCUT2D eigenvalue weighted by Crippen LogP contribution is 2.25. The van der Waals surface area contributed by atoms with Gasteiger partial charge in [-0.05, 0) is 40.0 Å². The van der Waals surface area contributed by atoms with Crippen LogP contribution in [-0.2, 0) is 0 Å². The number of benzene rings is 1. The van der Waals surface area contributed by atoms with Gasteiger partial charge < -0.3 is 5.11 Å². The SMILES string of the molecule is CCCCCCCCCCCC(O)c1ccc(F)c(Br)c1. The van der Waals surface area contributed by atoms with Crippen molar-refractivity contribution in [3.8, 4) is 0 Å². The molecule has 1 unspecified atom stereocenters. The van der Waals surface area contributed by atoms with E-state index < -0.39 is 6.10 Å². The highest BCUT2D eigenvalue weighted by atomic mass is 79.9. The van der Waals surface area contributed by atoms with Crippen LogP contribution in [0.1, 0.15) is 82.8 Å². The largest absolute Gasteiger partial charge is 0.388 e. The van der Waals surface area contributed by atoms with Crippen LogP contribution in [0, 0.1) is 5.82 Å². The topological polar surface area (TPSA) is 20.2 Å². The van der Waals surface area contributed by atoms with E-state index in [-0.39, 0.29) is 5.82 Å². The lowest BCUT2D eigenvalue weighted by molar-refractivity contribution is 0.163. The molecule has 0 amide bonds. The number of hydrogen-bond acceptors (Lipinski definition) is 1. The summed E-state index contributed by atoms with van der Waals surface area (Å²) in [5.74, 6) is -0.283. The molecule has 3 heteroatoms. The third-order valence-electron chi connectivity index (χ3n) is 3.91. The van der Waals surface area contributed by atoms with Gasteiger partial charge in [0.1, 0.15) is 5.82 Å². The normalized spacial score (nSPS) is 12.6. The lowest BCUT2D eigenvalue weighted by Gasteiger charge is -2.11. The third-order valence-corrected chi connectivity index (χ3v) is 4.52. The first-order chi connectivity index (χ1) is 10.1. The number of aliphatic hydroxyl groups excluding tert-OH is 1. The first kappa shape index (κ1) is 18.6. The van der Waals surface area contributed by atoms with Gasteiger partial charge in [0.05, 0.1) is 10.6 Å². The molecule has 0 aliphatic carbocycles. The van der Waals surface area contributed by atoms with Crippen molar-refractivity contribution in [1.82, 2.24) is 0 Å². The molecule has 0 heterocycles. The van der Waals surface area contributed by atoms with E-state index >= 15 is 0 Å². The van der Waals surface area contributed by atoms with Crippen molar-refractivity contribution in [3.05, 3.63) is 34.1 Å². The van der Waals surface area contributed by atoms with Gasteiger partial charge in [0.15, 0.2) is 0 Å². The Morgan fingerprint density at radius 3 is 2.14 bits per heavy atom. The summed E-state index contributed by atoms with van der Waals surface area (Å²) in [7, 11) is 0. The molecule has 1 aromatic carbocycles. The molecule has 1 nitrogen and oxygen atoms in total. The third kappa shape index (κ3) is 7.96. The summed E-state index contributed by atoms with van der Waals surface area (Å²) in [5.41, 5.74) is 0.794. The van der Waals surface area contributed by atoms with Gasteiger partial charge in [0.25, 0.3) is 0 Å². The van der Waals surface area contributed by atoms with Gasteiger partial charge in [0, 0.05) is 0 Å². The lowest BCUT2D eigenvalue weighted by Crippen LogP contribution is -1.98. The Morgan fingerprint density at radius 1 is 1.00 bits per heavy atom. The average molecular weight is 359 g/mol. The summed E-state index contributed by atoms with van der Waals surface area (Å²) >= 11 is 3.16. The van der Waals surface area contributed by atoms with Crippen molar-refractivity contribution in [2.75, 3.05) is 0 Å². The Balaban J connectivity index is 2.08. The van der Waals surface area contributed by atoms with Crippen molar-refractivity contribution >= 4 is 15.9 Å². The van der Waals surface area contributed by atoms with E-state index in [1.807, 2.05) is 0 Å². The van der Waals surface area contributed by atoms with Gasteiger partial charge in [0.2, 0.25) is 0 Å². The van der Waals surface area contributed by atoms with Crippen molar-refractivity contribution < 1.29 is 9.50 Å². The summed E-state index contributed by atoms with van der Waals surface area (Å²) in [6.07, 6.45) is 11.8. The van der Waals surface area contributed by atoms with Crippen LogP contribution in [0.5, 0.6) is 0 Å². The highest BCUT2D eigenvalue weighted by molar-refractivity contribution is 9.10. The van der Waals surface area contributed by atoms with E-state index in [1.54, 1.807) is 12.1 Å². The summed E-state index contributed by atoms with van der Waals surface area (Å²) in [6, 6.07) is 4.74. The molecule has 1 N–H and O–H groups in total. The van der Waals surface area contributed by atoms with Gasteiger partial charge >= 0.3 is 0 Å². The van der Waals surface area contributed by atoms with Crippen LogP contribution in [0.4, 0.5) is 4.39 Å². The maximum absolute atomic E-state index is 13.1. The second-order valence-electron chi connectivity index (χ2n) is 5.81. The monoisotopic (exact) mass is 358 g/mol. The maximum atomic E-state index is 13.1. The zero-order valence-electron chi connectivity index (χ0n) is 13.1. The molecule has 0 saturated heterocycles. The fraction of sp³-hybridized carbons (Fsp3) is 0.667. The minimum Gasteiger partial charge on any atom is -0.388 e. The molecule has 0 bridgehead atoms. The van der Waals surface area contributed by atoms with E-state index in [2.05, 4.69) is 22.9 Å². The molecule has 1 rings (SSSR count). The van der Waals surface area contributed by atoms with Crippen molar-refractivity contribution in [2.45, 2.75) is 77.2 Å². The van der Waals surface area contributed by atoms with Crippen LogP contribution in [0.2, 0.25) is 0 Å². The first-order valence-electron chi connectivity index (χ1n) is 8.28. The van der Waals surface area contributed by atoms with E-state index in [4.69, 9.17) is 0 Å². The quantitative estimate of drug-likeness (QED) is 0.445. The van der Waals surface area contributed by atoms with Crippen LogP contribution in [-0.4, -0.2) is 5.11 Å². The first-order valence-corrected chi connectivity index (χ1v) is 9.07. The van der Waals surface area contributed by atoms with Gasteiger partial charge in [-0.3, -0.25) is 0 Å². The minimum absolute atomic E-state index is 0.283. The summed E-state index contributed by atoms with van der Waals surface area (Å²) in [5, 5.41) is 10.1. The van der Waals surface area contributed by atoms with E-state index in [1.165, 1.54) is 57.4 Å². The summed E-state index contributed by atoms with van der Waals surface area (Å²) in [4.78, 5) is 0. The second kappa shape index (κ2) is 11.2. The van der Waals surface area contributed by atoms with Crippen LogP contribution >= 0.6 is 15.9 Å². The van der Waals surface area contributed by atoms with Gasteiger partial charge in [-0.1, -0.05) is 70.8 Å². The smallest absolute Gasteiger partial charge is 0.137 e. The highest BCUT2D eigenvalue weighted by Gasteiger charge is 2.09. The van der Waals surface area contributed by atoms with Crippen molar-refractivity contribution in [3.63, 3.8) is 0 Å². The summed E-state index contributed by atoms with van der Waals surface area (Å²) in [6.45, 7) is 2.24. The number of aliphatic hydroxyl groups is 1. The second-order valence-corrected chi connectivity index (χ2v) is 6.66. The van der Waals surface area contributed by atoms with Crippen molar-refractivity contribution in [2.24, 2.45) is 0 Å².